The fourth-order valence-electron chi connectivity index (χ4n) is 2.73. The van der Waals surface area contributed by atoms with E-state index in [1.165, 1.54) is 18.4 Å². The Labute approximate surface area is 148 Å². The SMILES string of the molecule is Cc1ccc2nc(CN=C(N)N3CCC(C)CC3)cn2c1.I. The number of fused-ring (bicyclic) bond motifs is 1. The molecule has 5 nitrogen and oxygen atoms in total. The zero-order valence-electron chi connectivity index (χ0n) is 13.2. The van der Waals surface area contributed by atoms with Crippen molar-refractivity contribution in [2.45, 2.75) is 33.2 Å². The first kappa shape index (κ1) is 17.1. The Hall–Kier alpha value is -1.31. The van der Waals surface area contributed by atoms with Crippen LogP contribution in [0.25, 0.3) is 5.65 Å². The summed E-state index contributed by atoms with van der Waals surface area (Å²) in [5.41, 5.74) is 9.23. The van der Waals surface area contributed by atoms with Gasteiger partial charge in [0.2, 0.25) is 0 Å². The molecule has 1 saturated heterocycles. The number of pyridine rings is 1. The second-order valence-electron chi connectivity index (χ2n) is 6.05. The van der Waals surface area contributed by atoms with E-state index in [0.717, 1.165) is 30.3 Å². The van der Waals surface area contributed by atoms with Crippen LogP contribution in [0, 0.1) is 12.8 Å². The summed E-state index contributed by atoms with van der Waals surface area (Å²) in [7, 11) is 0. The molecule has 0 unspecified atom stereocenters. The summed E-state index contributed by atoms with van der Waals surface area (Å²) < 4.78 is 2.04. The lowest BCUT2D eigenvalue weighted by Gasteiger charge is -2.30. The van der Waals surface area contributed by atoms with Crippen molar-refractivity contribution in [3.63, 3.8) is 0 Å². The highest BCUT2D eigenvalue weighted by molar-refractivity contribution is 14.0. The van der Waals surface area contributed by atoms with Crippen LogP contribution in [-0.4, -0.2) is 33.3 Å². The highest BCUT2D eigenvalue weighted by atomic mass is 127. The maximum Gasteiger partial charge on any atom is 0.191 e. The van der Waals surface area contributed by atoms with Crippen LogP contribution in [0.5, 0.6) is 0 Å². The Balaban J connectivity index is 0.00000176. The Morgan fingerprint density at radius 1 is 1.32 bits per heavy atom. The first-order valence-corrected chi connectivity index (χ1v) is 7.61. The molecule has 22 heavy (non-hydrogen) atoms. The first-order valence-electron chi connectivity index (χ1n) is 7.61. The fourth-order valence-corrected chi connectivity index (χ4v) is 2.73. The molecule has 3 heterocycles. The summed E-state index contributed by atoms with van der Waals surface area (Å²) in [6.07, 6.45) is 6.50. The molecule has 0 bridgehead atoms. The smallest absolute Gasteiger partial charge is 0.191 e. The third kappa shape index (κ3) is 3.91. The van der Waals surface area contributed by atoms with Crippen LogP contribution in [-0.2, 0) is 6.54 Å². The van der Waals surface area contributed by atoms with E-state index in [9.17, 15) is 0 Å². The number of hydrogen-bond acceptors (Lipinski definition) is 2. The average molecular weight is 413 g/mol. The van der Waals surface area contributed by atoms with E-state index in [4.69, 9.17) is 5.73 Å². The van der Waals surface area contributed by atoms with Gasteiger partial charge in [-0.25, -0.2) is 9.98 Å². The maximum atomic E-state index is 6.10. The van der Waals surface area contributed by atoms with Crippen molar-refractivity contribution in [2.24, 2.45) is 16.6 Å². The van der Waals surface area contributed by atoms with Gasteiger partial charge in [0.25, 0.3) is 0 Å². The number of hydrogen-bond donors (Lipinski definition) is 1. The molecule has 1 aliphatic rings. The molecule has 2 aromatic rings. The monoisotopic (exact) mass is 413 g/mol. The molecule has 0 aliphatic carbocycles. The second kappa shape index (κ2) is 7.30. The van der Waals surface area contributed by atoms with Gasteiger partial charge in [-0.15, -0.1) is 24.0 Å². The van der Waals surface area contributed by atoms with Crippen molar-refractivity contribution < 1.29 is 0 Å². The van der Waals surface area contributed by atoms with Crippen LogP contribution in [0.15, 0.2) is 29.5 Å². The quantitative estimate of drug-likeness (QED) is 0.468. The van der Waals surface area contributed by atoms with Gasteiger partial charge in [-0.05, 0) is 37.3 Å². The van der Waals surface area contributed by atoms with E-state index in [1.54, 1.807) is 0 Å². The Morgan fingerprint density at radius 3 is 2.77 bits per heavy atom. The van der Waals surface area contributed by atoms with Gasteiger partial charge in [0.05, 0.1) is 12.2 Å². The van der Waals surface area contributed by atoms with Gasteiger partial charge in [0, 0.05) is 25.5 Å². The van der Waals surface area contributed by atoms with E-state index >= 15 is 0 Å². The normalized spacial score (nSPS) is 16.8. The number of likely N-dealkylation sites (tertiary alicyclic amines) is 1. The number of guanidine groups is 1. The zero-order valence-corrected chi connectivity index (χ0v) is 15.5. The third-order valence-electron chi connectivity index (χ3n) is 4.16. The Kier molecular flexibility index (Phi) is 5.66. The summed E-state index contributed by atoms with van der Waals surface area (Å²) in [4.78, 5) is 11.3. The van der Waals surface area contributed by atoms with E-state index < -0.39 is 0 Å². The molecule has 0 saturated carbocycles. The Bertz CT molecular complexity index is 656. The standard InChI is InChI=1S/C16H23N5.HI/c1-12-5-7-20(8-6-12)16(17)18-9-14-11-21-10-13(2)3-4-15(21)19-14;/h3-4,10-12H,5-9H2,1-2H3,(H2,17,18);1H. The fraction of sp³-hybridized carbons (Fsp3) is 0.500. The van der Waals surface area contributed by atoms with Gasteiger partial charge in [-0.2, -0.15) is 0 Å². The third-order valence-corrected chi connectivity index (χ3v) is 4.16. The summed E-state index contributed by atoms with van der Waals surface area (Å²) in [6.45, 7) is 6.94. The Morgan fingerprint density at radius 2 is 2.05 bits per heavy atom. The lowest BCUT2D eigenvalue weighted by Crippen LogP contribution is -2.42. The molecule has 1 fully saturated rings. The van der Waals surface area contributed by atoms with Crippen LogP contribution in [0.4, 0.5) is 0 Å². The van der Waals surface area contributed by atoms with E-state index in [0.29, 0.717) is 12.5 Å². The number of rotatable bonds is 2. The minimum Gasteiger partial charge on any atom is -0.370 e. The molecule has 0 atom stereocenters. The van der Waals surface area contributed by atoms with E-state index in [-0.39, 0.29) is 24.0 Å². The van der Waals surface area contributed by atoms with Crippen LogP contribution in [0.3, 0.4) is 0 Å². The van der Waals surface area contributed by atoms with Crippen molar-refractivity contribution in [3.05, 3.63) is 35.8 Å². The number of nitrogens with two attached hydrogens (primary N) is 1. The van der Waals surface area contributed by atoms with Crippen LogP contribution in [0.2, 0.25) is 0 Å². The molecule has 0 aromatic carbocycles. The lowest BCUT2D eigenvalue weighted by molar-refractivity contribution is 0.277. The largest absolute Gasteiger partial charge is 0.370 e. The molecule has 6 heteroatoms. The topological polar surface area (TPSA) is 58.9 Å². The number of imidazole rings is 1. The van der Waals surface area contributed by atoms with Crippen molar-refractivity contribution in [1.82, 2.24) is 14.3 Å². The minimum atomic E-state index is 0. The van der Waals surface area contributed by atoms with Crippen molar-refractivity contribution >= 4 is 35.6 Å². The number of aryl methyl sites for hydroxylation is 1. The maximum absolute atomic E-state index is 6.10. The number of nitrogens with zero attached hydrogens (tertiary/aromatic N) is 4. The highest BCUT2D eigenvalue weighted by Gasteiger charge is 2.16. The molecule has 2 N–H and O–H groups in total. The minimum absolute atomic E-state index is 0. The molecule has 0 spiro atoms. The predicted molar refractivity (Wildman–Crippen MR) is 101 cm³/mol. The van der Waals surface area contributed by atoms with Crippen molar-refractivity contribution in [3.8, 4) is 0 Å². The number of aliphatic imine (C=N–C) groups is 1. The molecule has 0 amide bonds. The number of aromatic nitrogens is 2. The predicted octanol–water partition coefficient (Wildman–Crippen LogP) is 2.81. The summed E-state index contributed by atoms with van der Waals surface area (Å²) in [6, 6.07) is 4.09. The van der Waals surface area contributed by atoms with Crippen molar-refractivity contribution in [1.29, 1.82) is 0 Å². The number of halogens is 1. The van der Waals surface area contributed by atoms with E-state index in [2.05, 4.69) is 41.0 Å². The van der Waals surface area contributed by atoms with Gasteiger partial charge in [0.1, 0.15) is 5.65 Å². The number of piperidine rings is 1. The van der Waals surface area contributed by atoms with Crippen molar-refractivity contribution in [2.75, 3.05) is 13.1 Å². The highest BCUT2D eigenvalue weighted by Crippen LogP contribution is 2.15. The second-order valence-corrected chi connectivity index (χ2v) is 6.05. The lowest BCUT2D eigenvalue weighted by atomic mass is 10.00. The molecule has 0 radical (unpaired) electrons. The van der Waals surface area contributed by atoms with Gasteiger partial charge in [-0.3, -0.25) is 0 Å². The first-order chi connectivity index (χ1) is 10.1. The van der Waals surface area contributed by atoms with Gasteiger partial charge >= 0.3 is 0 Å². The van der Waals surface area contributed by atoms with Crippen LogP contribution < -0.4 is 5.73 Å². The van der Waals surface area contributed by atoms with Crippen LogP contribution >= 0.6 is 24.0 Å². The molecule has 120 valence electrons. The summed E-state index contributed by atoms with van der Waals surface area (Å²) in [5, 5.41) is 0. The molecule has 3 rings (SSSR count). The zero-order chi connectivity index (χ0) is 14.8. The molecule has 1 aliphatic heterocycles. The van der Waals surface area contributed by atoms with Crippen LogP contribution in [0.1, 0.15) is 31.0 Å². The summed E-state index contributed by atoms with van der Waals surface area (Å²) >= 11 is 0. The van der Waals surface area contributed by atoms with E-state index in [1.807, 2.05) is 16.7 Å². The summed E-state index contributed by atoms with van der Waals surface area (Å²) in [5.74, 6) is 1.45. The van der Waals surface area contributed by atoms with Gasteiger partial charge < -0.3 is 15.0 Å². The molecular weight excluding hydrogens is 389 g/mol. The average Bonchev–Trinajstić information content (AvgIpc) is 2.87. The van der Waals surface area contributed by atoms with Gasteiger partial charge in [-0.1, -0.05) is 13.0 Å². The molecule has 2 aromatic heterocycles. The molecular formula is C16H24IN5. The van der Waals surface area contributed by atoms with Gasteiger partial charge in [0.15, 0.2) is 5.96 Å².